The number of carbonyl (C=O) groups is 1. The number of hydrogen-bond acceptors (Lipinski definition) is 3. The summed E-state index contributed by atoms with van der Waals surface area (Å²) in [6.45, 7) is 2.22. The van der Waals surface area contributed by atoms with Gasteiger partial charge >= 0.3 is 0 Å². The molecule has 1 aliphatic heterocycles. The highest BCUT2D eigenvalue weighted by Gasteiger charge is 2.33. The number of nitrogens with one attached hydrogen (secondary N) is 2. The molecular formula is C13H22ClN3O2. The Morgan fingerprint density at radius 1 is 1.63 bits per heavy atom. The average molecular weight is 288 g/mol. The Hall–Kier alpha value is -1.04. The number of amides is 1. The summed E-state index contributed by atoms with van der Waals surface area (Å²) < 4.78 is 7.08. The molecule has 0 bridgehead atoms. The summed E-state index contributed by atoms with van der Waals surface area (Å²) in [6, 6.07) is 3.69. The predicted molar refractivity (Wildman–Crippen MR) is 76.8 cm³/mol. The molecule has 1 saturated heterocycles. The SMILES string of the molecule is COCC1(CNC(=O)c2cccn2C)CCCN1.Cl. The van der Waals surface area contributed by atoms with Crippen LogP contribution < -0.4 is 10.6 Å². The summed E-state index contributed by atoms with van der Waals surface area (Å²) in [5.41, 5.74) is 0.579. The first-order chi connectivity index (χ1) is 8.67. The Bertz CT molecular complexity index is 414. The molecule has 1 amide bonds. The molecule has 2 rings (SSSR count). The van der Waals surface area contributed by atoms with Gasteiger partial charge in [0.15, 0.2) is 0 Å². The average Bonchev–Trinajstić information content (AvgIpc) is 2.97. The van der Waals surface area contributed by atoms with E-state index in [1.54, 1.807) is 7.11 Å². The van der Waals surface area contributed by atoms with Gasteiger partial charge in [-0.2, -0.15) is 0 Å². The Labute approximate surface area is 120 Å². The van der Waals surface area contributed by atoms with Crippen molar-refractivity contribution in [3.8, 4) is 0 Å². The van der Waals surface area contributed by atoms with Gasteiger partial charge in [-0.25, -0.2) is 0 Å². The van der Waals surface area contributed by atoms with E-state index >= 15 is 0 Å². The van der Waals surface area contributed by atoms with Gasteiger partial charge in [0.25, 0.3) is 5.91 Å². The number of rotatable bonds is 5. The lowest BCUT2D eigenvalue weighted by Crippen LogP contribution is -2.53. The van der Waals surface area contributed by atoms with E-state index in [9.17, 15) is 4.79 Å². The molecule has 1 atom stereocenters. The highest BCUT2D eigenvalue weighted by Crippen LogP contribution is 2.18. The molecule has 0 aliphatic carbocycles. The van der Waals surface area contributed by atoms with Gasteiger partial charge in [0.2, 0.25) is 0 Å². The maximum absolute atomic E-state index is 12.0. The van der Waals surface area contributed by atoms with Crippen LogP contribution in [0, 0.1) is 0 Å². The lowest BCUT2D eigenvalue weighted by Gasteiger charge is -2.28. The van der Waals surface area contributed by atoms with Crippen LogP contribution in [0.5, 0.6) is 0 Å². The van der Waals surface area contributed by atoms with Crippen LogP contribution in [0.25, 0.3) is 0 Å². The highest BCUT2D eigenvalue weighted by atomic mass is 35.5. The molecule has 1 aliphatic rings. The van der Waals surface area contributed by atoms with Crippen LogP contribution in [0.2, 0.25) is 0 Å². The number of carbonyl (C=O) groups excluding carboxylic acids is 1. The molecular weight excluding hydrogens is 266 g/mol. The quantitative estimate of drug-likeness (QED) is 0.848. The predicted octanol–water partition coefficient (Wildman–Crippen LogP) is 0.945. The van der Waals surface area contributed by atoms with Crippen LogP contribution in [-0.4, -0.2) is 42.8 Å². The number of halogens is 1. The third kappa shape index (κ3) is 3.72. The van der Waals surface area contributed by atoms with E-state index in [1.165, 1.54) is 0 Å². The van der Waals surface area contributed by atoms with Crippen LogP contribution in [0.4, 0.5) is 0 Å². The molecule has 0 saturated carbocycles. The standard InChI is InChI=1S/C13H21N3O2.ClH/c1-16-8-3-5-11(16)12(17)14-9-13(10-18-2)6-4-7-15-13;/h3,5,8,15H,4,6-7,9-10H2,1-2H3,(H,14,17);1H. The minimum Gasteiger partial charge on any atom is -0.383 e. The largest absolute Gasteiger partial charge is 0.383 e. The lowest BCUT2D eigenvalue weighted by atomic mass is 9.98. The summed E-state index contributed by atoms with van der Waals surface area (Å²) in [7, 11) is 3.56. The summed E-state index contributed by atoms with van der Waals surface area (Å²) in [5.74, 6) is -0.0355. The monoisotopic (exact) mass is 287 g/mol. The molecule has 1 fully saturated rings. The van der Waals surface area contributed by atoms with Crippen molar-refractivity contribution in [3.05, 3.63) is 24.0 Å². The van der Waals surface area contributed by atoms with E-state index in [-0.39, 0.29) is 23.9 Å². The second-order valence-electron chi connectivity index (χ2n) is 4.93. The first kappa shape index (κ1) is 16.0. The fourth-order valence-corrected chi connectivity index (χ4v) is 2.51. The van der Waals surface area contributed by atoms with Gasteiger partial charge in [-0.05, 0) is 31.5 Å². The summed E-state index contributed by atoms with van der Waals surface area (Å²) in [4.78, 5) is 12.0. The summed E-state index contributed by atoms with van der Waals surface area (Å²) >= 11 is 0. The van der Waals surface area contributed by atoms with E-state index in [2.05, 4.69) is 10.6 Å². The van der Waals surface area contributed by atoms with Crippen LogP contribution >= 0.6 is 12.4 Å². The highest BCUT2D eigenvalue weighted by molar-refractivity contribution is 5.92. The molecule has 19 heavy (non-hydrogen) atoms. The van der Waals surface area contributed by atoms with Gasteiger partial charge in [-0.1, -0.05) is 0 Å². The van der Waals surface area contributed by atoms with Gasteiger partial charge in [0, 0.05) is 26.9 Å². The van der Waals surface area contributed by atoms with Crippen molar-refractivity contribution in [2.24, 2.45) is 7.05 Å². The topological polar surface area (TPSA) is 55.3 Å². The number of aryl methyl sites for hydroxylation is 1. The zero-order valence-electron chi connectivity index (χ0n) is 11.4. The lowest BCUT2D eigenvalue weighted by molar-refractivity contribution is 0.0885. The van der Waals surface area contributed by atoms with E-state index in [0.29, 0.717) is 18.8 Å². The van der Waals surface area contributed by atoms with Crippen molar-refractivity contribution in [2.75, 3.05) is 26.8 Å². The number of methoxy groups -OCH3 is 1. The van der Waals surface area contributed by atoms with Crippen molar-refractivity contribution in [1.29, 1.82) is 0 Å². The van der Waals surface area contributed by atoms with Crippen LogP contribution in [-0.2, 0) is 11.8 Å². The fraction of sp³-hybridized carbons (Fsp3) is 0.615. The second kappa shape index (κ2) is 6.93. The van der Waals surface area contributed by atoms with Gasteiger partial charge in [-0.15, -0.1) is 12.4 Å². The van der Waals surface area contributed by atoms with Gasteiger partial charge in [-0.3, -0.25) is 4.79 Å². The van der Waals surface area contributed by atoms with Crippen molar-refractivity contribution in [1.82, 2.24) is 15.2 Å². The Balaban J connectivity index is 0.00000180. The van der Waals surface area contributed by atoms with Crippen molar-refractivity contribution in [3.63, 3.8) is 0 Å². The number of hydrogen-bond donors (Lipinski definition) is 2. The number of nitrogens with zero attached hydrogens (tertiary/aromatic N) is 1. The maximum Gasteiger partial charge on any atom is 0.267 e. The molecule has 1 unspecified atom stereocenters. The molecule has 2 N–H and O–H groups in total. The smallest absolute Gasteiger partial charge is 0.267 e. The van der Waals surface area contributed by atoms with Gasteiger partial charge < -0.3 is 19.9 Å². The molecule has 2 heterocycles. The second-order valence-corrected chi connectivity index (χ2v) is 4.93. The molecule has 1 aromatic rings. The number of aromatic nitrogens is 1. The zero-order valence-corrected chi connectivity index (χ0v) is 12.3. The Morgan fingerprint density at radius 2 is 2.42 bits per heavy atom. The molecule has 0 aromatic carbocycles. The molecule has 0 radical (unpaired) electrons. The van der Waals surface area contributed by atoms with Crippen LogP contribution in [0.3, 0.4) is 0 Å². The zero-order chi connectivity index (χ0) is 13.0. The van der Waals surface area contributed by atoms with Gasteiger partial charge in [0.1, 0.15) is 5.69 Å². The Kier molecular flexibility index (Phi) is 5.85. The summed E-state index contributed by atoms with van der Waals surface area (Å²) in [5, 5.41) is 6.43. The van der Waals surface area contributed by atoms with E-state index in [1.807, 2.05) is 29.9 Å². The van der Waals surface area contributed by atoms with Crippen LogP contribution in [0.1, 0.15) is 23.3 Å². The molecule has 0 spiro atoms. The molecule has 5 nitrogen and oxygen atoms in total. The number of ether oxygens (including phenoxy) is 1. The molecule has 1 aromatic heterocycles. The van der Waals surface area contributed by atoms with Crippen molar-refractivity contribution < 1.29 is 9.53 Å². The normalized spacial score (nSPS) is 22.0. The Morgan fingerprint density at radius 3 is 2.95 bits per heavy atom. The maximum atomic E-state index is 12.0. The van der Waals surface area contributed by atoms with E-state index < -0.39 is 0 Å². The van der Waals surface area contributed by atoms with Crippen LogP contribution in [0.15, 0.2) is 18.3 Å². The van der Waals surface area contributed by atoms with Crippen molar-refractivity contribution in [2.45, 2.75) is 18.4 Å². The first-order valence-corrected chi connectivity index (χ1v) is 6.30. The first-order valence-electron chi connectivity index (χ1n) is 6.30. The fourth-order valence-electron chi connectivity index (χ4n) is 2.51. The minimum absolute atomic E-state index is 0. The third-order valence-corrected chi connectivity index (χ3v) is 3.52. The minimum atomic E-state index is -0.102. The molecule has 108 valence electrons. The third-order valence-electron chi connectivity index (χ3n) is 3.52. The molecule has 6 heteroatoms. The van der Waals surface area contributed by atoms with E-state index in [4.69, 9.17) is 4.74 Å². The summed E-state index contributed by atoms with van der Waals surface area (Å²) in [6.07, 6.45) is 4.03. The van der Waals surface area contributed by atoms with Crippen molar-refractivity contribution >= 4 is 18.3 Å². The van der Waals surface area contributed by atoms with E-state index in [0.717, 1.165) is 19.4 Å². The van der Waals surface area contributed by atoms with Gasteiger partial charge in [0.05, 0.1) is 12.1 Å².